The summed E-state index contributed by atoms with van der Waals surface area (Å²) in [5.74, 6) is 0.466. The van der Waals surface area contributed by atoms with Crippen LogP contribution >= 0.6 is 22.7 Å². The highest BCUT2D eigenvalue weighted by atomic mass is 32.2. The second-order valence-electron chi connectivity index (χ2n) is 9.33. The number of hydrogen-bond donors (Lipinski definition) is 1. The van der Waals surface area contributed by atoms with Gasteiger partial charge >= 0.3 is 6.18 Å². The van der Waals surface area contributed by atoms with Gasteiger partial charge in [-0.1, -0.05) is 43.8 Å². The van der Waals surface area contributed by atoms with Gasteiger partial charge in [-0.2, -0.15) is 29.1 Å². The number of allylic oxidation sites excluding steroid dienone is 3. The van der Waals surface area contributed by atoms with E-state index in [-0.39, 0.29) is 4.90 Å². The molecule has 0 saturated carbocycles. The number of alkyl halides is 3. The fraction of sp³-hybridized carbons (Fsp3) is 0.321. The molecule has 3 aromatic rings. The molecule has 8 heteroatoms. The highest BCUT2D eigenvalue weighted by Crippen LogP contribution is 2.51. The number of anilines is 1. The van der Waals surface area contributed by atoms with Gasteiger partial charge in [0.15, 0.2) is 0 Å². The van der Waals surface area contributed by atoms with Crippen molar-refractivity contribution in [3.05, 3.63) is 76.8 Å². The standard InChI is InChI=1S/C28H29F3N2OS2/c1-19(2)26-7-6-16-36(26)22-11-9-21(10-12-22)35-25-13-8-20(17-23(25)28(29,30)31)24-18-34-27(32-24)33-14-4-3-5-15-33/h6-13,16-19,36H,3-5,14-15H2,1-2H3. The molecule has 36 heavy (non-hydrogen) atoms. The molecule has 0 aliphatic carbocycles. The maximum absolute atomic E-state index is 14.1. The highest BCUT2D eigenvalue weighted by Gasteiger charge is 2.34. The van der Waals surface area contributed by atoms with Crippen LogP contribution in [0.5, 0.6) is 0 Å². The number of oxazole rings is 1. The van der Waals surface area contributed by atoms with Crippen LogP contribution in [0.15, 0.2) is 90.3 Å². The first-order valence-corrected chi connectivity index (χ1v) is 14.4. The summed E-state index contributed by atoms with van der Waals surface area (Å²) in [5.41, 5.74) is 0.158. The van der Waals surface area contributed by atoms with Crippen LogP contribution in [0.2, 0.25) is 0 Å². The minimum atomic E-state index is -4.48. The van der Waals surface area contributed by atoms with E-state index in [1.165, 1.54) is 34.6 Å². The van der Waals surface area contributed by atoms with Crippen LogP contribution in [0.4, 0.5) is 19.2 Å². The van der Waals surface area contributed by atoms with E-state index in [0.29, 0.717) is 23.2 Å². The molecule has 0 spiro atoms. The zero-order chi connectivity index (χ0) is 25.3. The Labute approximate surface area is 216 Å². The molecule has 1 saturated heterocycles. The van der Waals surface area contributed by atoms with Crippen LogP contribution in [0.3, 0.4) is 0 Å². The summed E-state index contributed by atoms with van der Waals surface area (Å²) < 4.78 is 47.8. The Bertz CT molecular complexity index is 1270. The third kappa shape index (κ3) is 5.39. The van der Waals surface area contributed by atoms with Crippen LogP contribution in [-0.2, 0) is 6.18 Å². The van der Waals surface area contributed by atoms with E-state index in [2.05, 4.69) is 36.4 Å². The van der Waals surface area contributed by atoms with Gasteiger partial charge in [0.05, 0.1) is 5.56 Å². The molecule has 2 aliphatic heterocycles. The van der Waals surface area contributed by atoms with Gasteiger partial charge in [-0.3, -0.25) is 0 Å². The van der Waals surface area contributed by atoms with E-state index in [4.69, 9.17) is 4.42 Å². The number of benzene rings is 2. The molecule has 1 atom stereocenters. The molecule has 1 fully saturated rings. The molecule has 1 aromatic heterocycles. The highest BCUT2D eigenvalue weighted by molar-refractivity contribution is 8.23. The first-order chi connectivity index (χ1) is 17.3. The monoisotopic (exact) mass is 530 g/mol. The molecular weight excluding hydrogens is 501 g/mol. The van der Waals surface area contributed by atoms with E-state index in [1.807, 2.05) is 29.2 Å². The summed E-state index contributed by atoms with van der Waals surface area (Å²) in [6.07, 6.45) is 4.56. The lowest BCUT2D eigenvalue weighted by molar-refractivity contribution is -0.139. The number of thiol groups is 1. The minimum Gasteiger partial charge on any atom is -0.431 e. The normalized spacial score (nSPS) is 19.2. The van der Waals surface area contributed by atoms with Crippen molar-refractivity contribution in [2.24, 2.45) is 5.92 Å². The Morgan fingerprint density at radius 3 is 2.47 bits per heavy atom. The molecule has 190 valence electrons. The number of hydrogen-bond acceptors (Lipinski definition) is 4. The third-order valence-electron chi connectivity index (χ3n) is 6.41. The SMILES string of the molecule is CC(C)C1=CC=C[SH]1c1ccc(Sc2ccc(-c3coc(N4CCCCC4)n3)cc2C(F)(F)F)cc1. The number of aromatic nitrogens is 1. The Kier molecular flexibility index (Phi) is 7.26. The molecule has 3 heterocycles. The fourth-order valence-corrected chi connectivity index (χ4v) is 7.65. The van der Waals surface area contributed by atoms with E-state index in [1.54, 1.807) is 6.07 Å². The molecule has 0 amide bonds. The van der Waals surface area contributed by atoms with Crippen molar-refractivity contribution in [1.82, 2.24) is 4.98 Å². The van der Waals surface area contributed by atoms with Crippen LogP contribution in [-0.4, -0.2) is 18.1 Å². The quantitative estimate of drug-likeness (QED) is 0.322. The van der Waals surface area contributed by atoms with Crippen LogP contribution in [0.1, 0.15) is 38.7 Å². The number of rotatable bonds is 6. The Hall–Kier alpha value is -2.58. The van der Waals surface area contributed by atoms with Gasteiger partial charge in [0.1, 0.15) is 12.0 Å². The minimum absolute atomic E-state index is 0.174. The predicted octanol–water partition coefficient (Wildman–Crippen LogP) is 8.93. The summed E-state index contributed by atoms with van der Waals surface area (Å²) >= 11 is 1.13. The van der Waals surface area contributed by atoms with Crippen molar-refractivity contribution in [1.29, 1.82) is 0 Å². The second kappa shape index (κ2) is 10.4. The van der Waals surface area contributed by atoms with Gasteiger partial charge < -0.3 is 9.32 Å². The maximum Gasteiger partial charge on any atom is 0.417 e. The second-order valence-corrected chi connectivity index (χ2v) is 12.5. The van der Waals surface area contributed by atoms with Gasteiger partial charge in [-0.25, -0.2) is 0 Å². The Morgan fingerprint density at radius 2 is 1.78 bits per heavy atom. The van der Waals surface area contributed by atoms with E-state index in [9.17, 15) is 13.2 Å². The first kappa shape index (κ1) is 25.1. The fourth-order valence-electron chi connectivity index (χ4n) is 4.53. The van der Waals surface area contributed by atoms with Crippen molar-refractivity contribution in [3.8, 4) is 11.3 Å². The van der Waals surface area contributed by atoms with Gasteiger partial charge in [0.25, 0.3) is 6.01 Å². The summed E-state index contributed by atoms with van der Waals surface area (Å²) in [5, 5.41) is 2.23. The molecule has 3 nitrogen and oxygen atoms in total. The molecular formula is C28H29F3N2OS2. The molecule has 5 rings (SSSR count). The van der Waals surface area contributed by atoms with Gasteiger partial charge in [0, 0.05) is 28.4 Å². The summed E-state index contributed by atoms with van der Waals surface area (Å²) in [6, 6.07) is 12.8. The van der Waals surface area contributed by atoms with E-state index < -0.39 is 22.6 Å². The van der Waals surface area contributed by atoms with Gasteiger partial charge in [-0.15, -0.1) is 0 Å². The van der Waals surface area contributed by atoms with Crippen molar-refractivity contribution >= 4 is 28.7 Å². The van der Waals surface area contributed by atoms with Crippen LogP contribution < -0.4 is 4.90 Å². The number of nitrogens with zero attached hydrogens (tertiary/aromatic N) is 2. The van der Waals surface area contributed by atoms with E-state index >= 15 is 0 Å². The average molecular weight is 531 g/mol. The Balaban J connectivity index is 1.37. The van der Waals surface area contributed by atoms with Gasteiger partial charge in [-0.05, 0) is 76.8 Å². The molecule has 0 radical (unpaired) electrons. The van der Waals surface area contributed by atoms with Crippen molar-refractivity contribution < 1.29 is 17.6 Å². The van der Waals surface area contributed by atoms with Crippen molar-refractivity contribution in [2.45, 2.75) is 54.0 Å². The lowest BCUT2D eigenvalue weighted by Crippen LogP contribution is -2.29. The van der Waals surface area contributed by atoms with Crippen molar-refractivity contribution in [2.75, 3.05) is 18.0 Å². The molecule has 0 bridgehead atoms. The van der Waals surface area contributed by atoms with Crippen LogP contribution in [0.25, 0.3) is 11.3 Å². The molecule has 2 aromatic carbocycles. The van der Waals surface area contributed by atoms with Crippen LogP contribution in [0, 0.1) is 5.92 Å². The molecule has 1 unspecified atom stereocenters. The number of piperidine rings is 1. The largest absolute Gasteiger partial charge is 0.431 e. The zero-order valence-corrected chi connectivity index (χ0v) is 22.0. The van der Waals surface area contributed by atoms with Gasteiger partial charge in [0.2, 0.25) is 0 Å². The molecule has 2 aliphatic rings. The Morgan fingerprint density at radius 1 is 1.03 bits per heavy atom. The summed E-state index contributed by atoms with van der Waals surface area (Å²) in [4.78, 5) is 10.1. The summed E-state index contributed by atoms with van der Waals surface area (Å²) in [7, 11) is -0.501. The predicted molar refractivity (Wildman–Crippen MR) is 143 cm³/mol. The summed E-state index contributed by atoms with van der Waals surface area (Å²) in [6.45, 7) is 6.09. The molecule has 0 N–H and O–H groups in total. The lowest BCUT2D eigenvalue weighted by atomic mass is 10.1. The smallest absolute Gasteiger partial charge is 0.417 e. The average Bonchev–Trinajstić information content (AvgIpc) is 3.55. The zero-order valence-electron chi connectivity index (χ0n) is 20.3. The third-order valence-corrected chi connectivity index (χ3v) is 10.0. The number of halogens is 3. The van der Waals surface area contributed by atoms with Crippen molar-refractivity contribution in [3.63, 3.8) is 0 Å². The topological polar surface area (TPSA) is 29.3 Å². The van der Waals surface area contributed by atoms with E-state index in [0.717, 1.165) is 42.6 Å². The first-order valence-electron chi connectivity index (χ1n) is 12.2. The maximum atomic E-state index is 14.1. The lowest BCUT2D eigenvalue weighted by Gasteiger charge is -2.24.